The maximum atomic E-state index is 13.0. The van der Waals surface area contributed by atoms with Crippen LogP contribution in [0.1, 0.15) is 0 Å². The number of ether oxygens (including phenoxy) is 1. The van der Waals surface area contributed by atoms with Crippen LogP contribution in [-0.2, 0) is 4.74 Å². The van der Waals surface area contributed by atoms with E-state index < -0.39 is 16.9 Å². The van der Waals surface area contributed by atoms with Crippen LogP contribution in [0.4, 0.5) is 8.78 Å². The third-order valence-corrected chi connectivity index (χ3v) is 1.75. The predicted octanol–water partition coefficient (Wildman–Crippen LogP) is 2.94. The molecular weight excluding hydrogens is 221 g/mol. The van der Waals surface area contributed by atoms with Gasteiger partial charge in [0.25, 0.3) is 5.92 Å². The van der Waals surface area contributed by atoms with Crippen molar-refractivity contribution in [2.24, 2.45) is 0 Å². The molecule has 74 valence electrons. The van der Waals surface area contributed by atoms with Crippen molar-refractivity contribution in [1.82, 2.24) is 0 Å². The van der Waals surface area contributed by atoms with E-state index in [1.807, 2.05) is 0 Å². The van der Waals surface area contributed by atoms with Gasteiger partial charge in [0.2, 0.25) is 0 Å². The first-order chi connectivity index (χ1) is 6.02. The maximum Gasteiger partial charge on any atom is 0.295 e. The summed E-state index contributed by atoms with van der Waals surface area (Å²) in [5.74, 6) is -2.97. The van der Waals surface area contributed by atoms with Gasteiger partial charge >= 0.3 is 0 Å². The highest BCUT2D eigenvalue weighted by molar-refractivity contribution is 6.44. The molecule has 1 nitrogen and oxygen atoms in total. The zero-order valence-corrected chi connectivity index (χ0v) is 8.10. The van der Waals surface area contributed by atoms with Crippen LogP contribution in [0, 0.1) is 0 Å². The van der Waals surface area contributed by atoms with Crippen molar-refractivity contribution in [3.8, 4) is 0 Å². The van der Waals surface area contributed by atoms with Crippen molar-refractivity contribution in [3.63, 3.8) is 0 Å². The molecule has 13 heavy (non-hydrogen) atoms. The van der Waals surface area contributed by atoms with Crippen LogP contribution in [0.15, 0.2) is 24.3 Å². The van der Waals surface area contributed by atoms with Gasteiger partial charge in [0, 0.05) is 0 Å². The van der Waals surface area contributed by atoms with Gasteiger partial charge < -0.3 is 4.74 Å². The molecule has 0 radical (unpaired) electrons. The molecule has 1 unspecified atom stereocenters. The second kappa shape index (κ2) is 4.40. The molecule has 0 aromatic heterocycles. The fourth-order valence-electron chi connectivity index (χ4n) is 0.915. The Morgan fingerprint density at radius 1 is 1.38 bits per heavy atom. The van der Waals surface area contributed by atoms with Gasteiger partial charge in [-0.1, -0.05) is 12.2 Å². The molecule has 0 aromatic carbocycles. The monoisotopic (exact) mass is 228 g/mol. The molecule has 1 aliphatic rings. The fourth-order valence-corrected chi connectivity index (χ4v) is 1.06. The number of hydrogen-bond acceptors (Lipinski definition) is 1. The molecule has 0 saturated heterocycles. The van der Waals surface area contributed by atoms with Crippen LogP contribution < -0.4 is 0 Å². The maximum absolute atomic E-state index is 13.0. The molecular formula is C8H8Cl2F2O. The fraction of sp³-hybridized carbons (Fsp3) is 0.500. The quantitative estimate of drug-likeness (QED) is 0.676. The van der Waals surface area contributed by atoms with E-state index in [0.29, 0.717) is 0 Å². The van der Waals surface area contributed by atoms with E-state index >= 15 is 0 Å². The summed E-state index contributed by atoms with van der Waals surface area (Å²) in [6.07, 6.45) is 3.57. The van der Waals surface area contributed by atoms with Gasteiger partial charge in [0.05, 0.1) is 6.61 Å². The minimum Gasteiger partial charge on any atom is -0.365 e. The van der Waals surface area contributed by atoms with Crippen LogP contribution in [-0.4, -0.2) is 23.5 Å². The van der Waals surface area contributed by atoms with E-state index in [1.54, 1.807) is 0 Å². The smallest absolute Gasteiger partial charge is 0.295 e. The standard InChI is InChI=1S/C8H8Cl2F2O/c9-7(10)5-13-6-3-1-2-4-8(6,11)12/h1-4,6-7H,5H2. The Morgan fingerprint density at radius 2 is 2.08 bits per heavy atom. The van der Waals surface area contributed by atoms with Crippen LogP contribution in [0.2, 0.25) is 0 Å². The Morgan fingerprint density at radius 3 is 2.62 bits per heavy atom. The Bertz CT molecular complexity index is 226. The highest BCUT2D eigenvalue weighted by atomic mass is 35.5. The first-order valence-corrected chi connectivity index (χ1v) is 4.53. The van der Waals surface area contributed by atoms with Crippen molar-refractivity contribution in [2.75, 3.05) is 6.61 Å². The topological polar surface area (TPSA) is 9.23 Å². The summed E-state index contributed by atoms with van der Waals surface area (Å²) in [6.45, 7) is -0.110. The number of hydrogen-bond donors (Lipinski definition) is 0. The van der Waals surface area contributed by atoms with Gasteiger partial charge in [-0.15, -0.1) is 23.2 Å². The normalized spacial score (nSPS) is 25.5. The van der Waals surface area contributed by atoms with Gasteiger partial charge in [0.15, 0.2) is 0 Å². The van der Waals surface area contributed by atoms with Crippen molar-refractivity contribution in [1.29, 1.82) is 0 Å². The Kier molecular flexibility index (Phi) is 3.71. The van der Waals surface area contributed by atoms with Gasteiger partial charge in [-0.05, 0) is 12.2 Å². The molecule has 1 aliphatic carbocycles. The van der Waals surface area contributed by atoms with Crippen molar-refractivity contribution in [2.45, 2.75) is 16.9 Å². The second-order valence-electron chi connectivity index (χ2n) is 2.56. The van der Waals surface area contributed by atoms with Crippen molar-refractivity contribution >= 4 is 23.2 Å². The minimum atomic E-state index is -2.97. The number of alkyl halides is 4. The Balaban J connectivity index is 2.49. The van der Waals surface area contributed by atoms with E-state index in [9.17, 15) is 8.78 Å². The van der Waals surface area contributed by atoms with Crippen LogP contribution in [0.25, 0.3) is 0 Å². The summed E-state index contributed by atoms with van der Waals surface area (Å²) in [5.41, 5.74) is 0. The first kappa shape index (κ1) is 11.0. The van der Waals surface area contributed by atoms with E-state index in [0.717, 1.165) is 6.08 Å². The lowest BCUT2D eigenvalue weighted by molar-refractivity contribution is -0.0805. The third kappa shape index (κ3) is 3.25. The first-order valence-electron chi connectivity index (χ1n) is 3.66. The molecule has 0 spiro atoms. The summed E-state index contributed by atoms with van der Waals surface area (Å²) in [5, 5.41) is 0. The van der Waals surface area contributed by atoms with Crippen LogP contribution in [0.5, 0.6) is 0 Å². The average molecular weight is 229 g/mol. The molecule has 0 saturated carbocycles. The molecule has 1 rings (SSSR count). The summed E-state index contributed by atoms with van der Waals surface area (Å²) < 4.78 is 30.7. The van der Waals surface area contributed by atoms with Gasteiger partial charge in [-0.25, -0.2) is 0 Å². The van der Waals surface area contributed by atoms with Gasteiger partial charge in [0.1, 0.15) is 10.9 Å². The van der Waals surface area contributed by atoms with Crippen molar-refractivity contribution < 1.29 is 13.5 Å². The van der Waals surface area contributed by atoms with E-state index in [4.69, 9.17) is 27.9 Å². The third-order valence-electron chi connectivity index (χ3n) is 1.50. The lowest BCUT2D eigenvalue weighted by Crippen LogP contribution is -2.34. The zero-order valence-electron chi connectivity index (χ0n) is 6.59. The number of halogens is 4. The van der Waals surface area contributed by atoms with Crippen LogP contribution >= 0.6 is 23.2 Å². The molecule has 0 aromatic rings. The molecule has 1 atom stereocenters. The number of rotatable bonds is 3. The zero-order chi connectivity index (χ0) is 9.90. The second-order valence-corrected chi connectivity index (χ2v) is 3.84. The van der Waals surface area contributed by atoms with Gasteiger partial charge in [-0.2, -0.15) is 8.78 Å². The van der Waals surface area contributed by atoms with E-state index in [2.05, 4.69) is 0 Å². The molecule has 0 amide bonds. The van der Waals surface area contributed by atoms with E-state index in [-0.39, 0.29) is 6.61 Å². The van der Waals surface area contributed by atoms with E-state index in [1.165, 1.54) is 18.2 Å². The summed E-state index contributed by atoms with van der Waals surface area (Å²) in [7, 11) is 0. The molecule has 0 aliphatic heterocycles. The number of allylic oxidation sites excluding steroid dienone is 2. The van der Waals surface area contributed by atoms with Crippen molar-refractivity contribution in [3.05, 3.63) is 24.3 Å². The minimum absolute atomic E-state index is 0.110. The molecule has 0 N–H and O–H groups in total. The summed E-state index contributed by atoms with van der Waals surface area (Å²) >= 11 is 10.7. The molecule has 0 bridgehead atoms. The molecule has 5 heteroatoms. The highest BCUT2D eigenvalue weighted by Gasteiger charge is 2.37. The largest absolute Gasteiger partial charge is 0.365 e. The lowest BCUT2D eigenvalue weighted by atomic mass is 10.1. The van der Waals surface area contributed by atoms with Crippen LogP contribution in [0.3, 0.4) is 0 Å². The summed E-state index contributed by atoms with van der Waals surface area (Å²) in [4.78, 5) is -0.782. The predicted molar refractivity (Wildman–Crippen MR) is 48.5 cm³/mol. The summed E-state index contributed by atoms with van der Waals surface area (Å²) in [6, 6.07) is 0. The highest BCUT2D eigenvalue weighted by Crippen LogP contribution is 2.27. The Labute approximate surface area is 85.0 Å². The lowest BCUT2D eigenvalue weighted by Gasteiger charge is -2.23. The average Bonchev–Trinajstić information content (AvgIpc) is 2.01. The molecule has 0 heterocycles. The Hall–Kier alpha value is -0.120. The van der Waals surface area contributed by atoms with Gasteiger partial charge in [-0.3, -0.25) is 0 Å². The molecule has 0 fully saturated rings. The SMILES string of the molecule is FC1(F)C=CC=CC1OCC(Cl)Cl.